The van der Waals surface area contributed by atoms with Gasteiger partial charge in [0.05, 0.1) is 17.3 Å². The molecular formula is C36H56O3. The van der Waals surface area contributed by atoms with Gasteiger partial charge in [0, 0.05) is 0 Å². The first-order valence-electron chi connectivity index (χ1n) is 16.4. The van der Waals surface area contributed by atoms with Gasteiger partial charge in [-0.3, -0.25) is 0 Å². The van der Waals surface area contributed by atoms with Gasteiger partial charge in [-0.2, -0.15) is 0 Å². The van der Waals surface area contributed by atoms with E-state index in [1.165, 1.54) is 51.4 Å². The SMILES string of the molecule is CC[C@]1(O)CC[C@@]2(C)[C@@H](CC[C@]3(C)[C@@H]2CC[C@@]2(C)[C@H]3CC[C@@H]2[C@H](C)CCC[C@H](C)OC(=O)c2ccccc2)C1. The maximum absolute atomic E-state index is 12.4. The first-order valence-corrected chi connectivity index (χ1v) is 16.4. The molecule has 0 bridgehead atoms. The minimum Gasteiger partial charge on any atom is -0.459 e. The zero-order valence-corrected chi connectivity index (χ0v) is 25.8. The molecule has 0 saturated heterocycles. The van der Waals surface area contributed by atoms with Gasteiger partial charge in [0.2, 0.25) is 0 Å². The minimum absolute atomic E-state index is 0.0389. The summed E-state index contributed by atoms with van der Waals surface area (Å²) in [5, 5.41) is 11.2. The summed E-state index contributed by atoms with van der Waals surface area (Å²) in [6.07, 6.45) is 15.7. The van der Waals surface area contributed by atoms with Crippen molar-refractivity contribution in [3.63, 3.8) is 0 Å². The molecule has 0 amide bonds. The van der Waals surface area contributed by atoms with E-state index >= 15 is 0 Å². The van der Waals surface area contributed by atoms with Crippen molar-refractivity contribution in [2.75, 3.05) is 0 Å². The van der Waals surface area contributed by atoms with Crippen LogP contribution in [0.4, 0.5) is 0 Å². The number of hydrogen-bond donors (Lipinski definition) is 1. The summed E-state index contributed by atoms with van der Waals surface area (Å²) >= 11 is 0. The highest BCUT2D eigenvalue weighted by molar-refractivity contribution is 5.89. The van der Waals surface area contributed by atoms with Crippen LogP contribution in [0.2, 0.25) is 0 Å². The van der Waals surface area contributed by atoms with Gasteiger partial charge in [-0.05, 0) is 142 Å². The number of benzene rings is 1. The van der Waals surface area contributed by atoms with Crippen LogP contribution < -0.4 is 0 Å². The number of rotatable bonds is 8. The van der Waals surface area contributed by atoms with Crippen molar-refractivity contribution in [3.8, 4) is 0 Å². The highest BCUT2D eigenvalue weighted by atomic mass is 16.5. The highest BCUT2D eigenvalue weighted by Crippen LogP contribution is 2.73. The van der Waals surface area contributed by atoms with E-state index in [0.717, 1.165) is 55.8 Å². The summed E-state index contributed by atoms with van der Waals surface area (Å²) in [5.74, 6) is 3.69. The summed E-state index contributed by atoms with van der Waals surface area (Å²) in [7, 11) is 0. The maximum Gasteiger partial charge on any atom is 0.338 e. The van der Waals surface area contributed by atoms with Crippen LogP contribution in [-0.4, -0.2) is 22.8 Å². The van der Waals surface area contributed by atoms with Crippen molar-refractivity contribution in [3.05, 3.63) is 35.9 Å². The molecule has 0 heterocycles. The van der Waals surface area contributed by atoms with Gasteiger partial charge in [-0.15, -0.1) is 0 Å². The molecule has 0 radical (unpaired) electrons. The van der Waals surface area contributed by atoms with Crippen LogP contribution in [0.1, 0.15) is 135 Å². The van der Waals surface area contributed by atoms with Crippen molar-refractivity contribution in [2.24, 2.45) is 45.8 Å². The molecule has 0 spiro atoms. The number of esters is 1. The predicted molar refractivity (Wildman–Crippen MR) is 159 cm³/mol. The average Bonchev–Trinajstić information content (AvgIpc) is 3.28. The van der Waals surface area contributed by atoms with Crippen LogP contribution in [0.5, 0.6) is 0 Å². The maximum atomic E-state index is 12.4. The molecule has 0 unspecified atom stereocenters. The second kappa shape index (κ2) is 10.8. The zero-order chi connectivity index (χ0) is 28.1. The fourth-order valence-electron chi connectivity index (χ4n) is 11.1. The van der Waals surface area contributed by atoms with Crippen molar-refractivity contribution in [1.29, 1.82) is 0 Å². The lowest BCUT2D eigenvalue weighted by Crippen LogP contribution is -2.60. The Kier molecular flexibility index (Phi) is 8.08. The largest absolute Gasteiger partial charge is 0.459 e. The Balaban J connectivity index is 1.19. The molecule has 4 fully saturated rings. The lowest BCUT2D eigenvalue weighted by Gasteiger charge is -2.67. The second-order valence-electron chi connectivity index (χ2n) is 15.4. The Bertz CT molecular complexity index is 1010. The third-order valence-corrected chi connectivity index (χ3v) is 13.4. The normalized spacial score (nSPS) is 43.1. The van der Waals surface area contributed by atoms with E-state index in [9.17, 15) is 9.90 Å². The van der Waals surface area contributed by atoms with Gasteiger partial charge < -0.3 is 9.84 Å². The minimum atomic E-state index is -0.410. The van der Waals surface area contributed by atoms with E-state index in [4.69, 9.17) is 4.74 Å². The van der Waals surface area contributed by atoms with E-state index in [1.54, 1.807) is 0 Å². The summed E-state index contributed by atoms with van der Waals surface area (Å²) in [4.78, 5) is 12.4. The molecule has 5 rings (SSSR count). The van der Waals surface area contributed by atoms with Gasteiger partial charge in [-0.25, -0.2) is 4.79 Å². The quantitative estimate of drug-likeness (QED) is 0.337. The van der Waals surface area contributed by atoms with E-state index < -0.39 is 5.60 Å². The molecule has 4 aliphatic carbocycles. The first-order chi connectivity index (χ1) is 18.4. The van der Waals surface area contributed by atoms with Crippen molar-refractivity contribution in [2.45, 2.75) is 137 Å². The van der Waals surface area contributed by atoms with E-state index in [-0.39, 0.29) is 12.1 Å². The topological polar surface area (TPSA) is 46.5 Å². The van der Waals surface area contributed by atoms with E-state index in [1.807, 2.05) is 37.3 Å². The van der Waals surface area contributed by atoms with Crippen LogP contribution >= 0.6 is 0 Å². The van der Waals surface area contributed by atoms with Crippen LogP contribution in [0.3, 0.4) is 0 Å². The van der Waals surface area contributed by atoms with Gasteiger partial charge in [0.15, 0.2) is 0 Å². The molecule has 39 heavy (non-hydrogen) atoms. The molecule has 1 aromatic carbocycles. The standard InChI is InChI=1S/C36H56O3/c1-7-36(38)23-22-33(4)28(24-36)18-20-35(6)30-17-16-29(34(30,5)21-19-31(33)35)25(2)12-11-13-26(3)39-32(37)27-14-9-8-10-15-27/h8-10,14-15,25-26,28-31,38H,7,11-13,16-24H2,1-6H3/t25-,26+,28+,29-,30-,31-,33+,34-,35+,36+/m1/s1. The molecule has 4 aliphatic rings. The molecule has 0 aliphatic heterocycles. The second-order valence-corrected chi connectivity index (χ2v) is 15.4. The lowest BCUT2D eigenvalue weighted by atomic mass is 9.38. The molecule has 218 valence electrons. The van der Waals surface area contributed by atoms with Gasteiger partial charge in [0.1, 0.15) is 0 Å². The van der Waals surface area contributed by atoms with E-state index in [0.29, 0.717) is 27.7 Å². The van der Waals surface area contributed by atoms with Crippen LogP contribution in [-0.2, 0) is 4.74 Å². The third-order valence-electron chi connectivity index (χ3n) is 13.4. The molecular weight excluding hydrogens is 480 g/mol. The molecule has 1 aromatic rings. The monoisotopic (exact) mass is 536 g/mol. The van der Waals surface area contributed by atoms with Crippen LogP contribution in [0, 0.1) is 45.8 Å². The number of hydrogen-bond acceptors (Lipinski definition) is 3. The molecule has 3 heteroatoms. The first kappa shape index (κ1) is 29.2. The molecule has 0 aromatic heterocycles. The Morgan fingerprint density at radius 3 is 2.31 bits per heavy atom. The Morgan fingerprint density at radius 2 is 1.59 bits per heavy atom. The predicted octanol–water partition coefficient (Wildman–Crippen LogP) is 9.23. The average molecular weight is 537 g/mol. The van der Waals surface area contributed by atoms with Crippen LogP contribution in [0.15, 0.2) is 30.3 Å². The Labute approximate surface area is 238 Å². The van der Waals surface area contributed by atoms with Gasteiger partial charge >= 0.3 is 5.97 Å². The summed E-state index contributed by atoms with van der Waals surface area (Å²) in [6, 6.07) is 9.36. The van der Waals surface area contributed by atoms with Crippen molar-refractivity contribution >= 4 is 5.97 Å². The fraction of sp³-hybridized carbons (Fsp3) is 0.806. The van der Waals surface area contributed by atoms with Gasteiger partial charge in [-0.1, -0.05) is 59.2 Å². The summed E-state index contributed by atoms with van der Waals surface area (Å²) < 4.78 is 5.74. The van der Waals surface area contributed by atoms with Crippen molar-refractivity contribution < 1.29 is 14.6 Å². The third kappa shape index (κ3) is 5.13. The number of fused-ring (bicyclic) bond motifs is 5. The fourth-order valence-corrected chi connectivity index (χ4v) is 11.1. The van der Waals surface area contributed by atoms with Gasteiger partial charge in [0.25, 0.3) is 0 Å². The van der Waals surface area contributed by atoms with Crippen molar-refractivity contribution in [1.82, 2.24) is 0 Å². The lowest BCUT2D eigenvalue weighted by molar-refractivity contribution is -0.190. The molecule has 3 nitrogen and oxygen atoms in total. The summed E-state index contributed by atoms with van der Waals surface area (Å²) in [6.45, 7) is 14.7. The number of carbonyl (C=O) groups is 1. The number of aliphatic hydroxyl groups is 1. The molecule has 4 saturated carbocycles. The summed E-state index contributed by atoms with van der Waals surface area (Å²) in [5.41, 5.74) is 1.55. The Morgan fingerprint density at radius 1 is 0.897 bits per heavy atom. The zero-order valence-electron chi connectivity index (χ0n) is 25.8. The number of ether oxygens (including phenoxy) is 1. The molecule has 10 atom stereocenters. The van der Waals surface area contributed by atoms with Crippen LogP contribution in [0.25, 0.3) is 0 Å². The highest BCUT2D eigenvalue weighted by Gasteiger charge is 2.65. The van der Waals surface area contributed by atoms with E-state index in [2.05, 4.69) is 34.6 Å². The Hall–Kier alpha value is -1.35. The number of carbonyl (C=O) groups excluding carboxylic acids is 1. The molecule has 1 N–H and O–H groups in total. The smallest absolute Gasteiger partial charge is 0.338 e.